The third-order valence-electron chi connectivity index (χ3n) is 2.68. The van der Waals surface area contributed by atoms with Gasteiger partial charge in [-0.2, -0.15) is 0 Å². The van der Waals surface area contributed by atoms with E-state index in [1.54, 1.807) is 18.4 Å². The van der Waals surface area contributed by atoms with Crippen LogP contribution in [0.3, 0.4) is 0 Å². The van der Waals surface area contributed by atoms with Gasteiger partial charge in [-0.1, -0.05) is 19.1 Å². The van der Waals surface area contributed by atoms with Crippen molar-refractivity contribution in [3.8, 4) is 0 Å². The maximum atomic E-state index is 13.6. The fraction of sp³-hybridized carbons (Fsp3) is 0.417. The molecule has 0 radical (unpaired) electrons. The van der Waals surface area contributed by atoms with Crippen molar-refractivity contribution in [1.82, 2.24) is 0 Å². The van der Waals surface area contributed by atoms with Gasteiger partial charge in [-0.05, 0) is 24.6 Å². The molecular formula is C12H17FN2OS2. The molecule has 3 nitrogen and oxygen atoms in total. The summed E-state index contributed by atoms with van der Waals surface area (Å²) in [5.74, 6) is -0.431. The third kappa shape index (κ3) is 4.34. The van der Waals surface area contributed by atoms with E-state index in [1.165, 1.54) is 6.07 Å². The average molecular weight is 288 g/mol. The minimum Gasteiger partial charge on any atom is -0.389 e. The van der Waals surface area contributed by atoms with E-state index in [-0.39, 0.29) is 15.8 Å². The number of nitrogens with two attached hydrogens (primary N) is 1. The van der Waals surface area contributed by atoms with E-state index in [0.717, 1.165) is 6.42 Å². The highest BCUT2D eigenvalue weighted by molar-refractivity contribution is 7.84. The summed E-state index contributed by atoms with van der Waals surface area (Å²) >= 11 is 4.73. The summed E-state index contributed by atoms with van der Waals surface area (Å²) in [6, 6.07) is 4.65. The zero-order valence-corrected chi connectivity index (χ0v) is 12.0. The predicted octanol–water partition coefficient (Wildman–Crippen LogP) is 2.03. The molecule has 18 heavy (non-hydrogen) atoms. The second-order valence-electron chi connectivity index (χ2n) is 4.08. The maximum absolute atomic E-state index is 13.6. The lowest BCUT2D eigenvalue weighted by Crippen LogP contribution is -2.15. The lowest BCUT2D eigenvalue weighted by Gasteiger charge is -2.11. The molecule has 2 atom stereocenters. The Hall–Kier alpha value is -1.01. The number of hydrogen-bond acceptors (Lipinski definition) is 3. The molecule has 1 aromatic rings. The first-order chi connectivity index (χ1) is 8.41. The minimum atomic E-state index is -0.830. The second kappa shape index (κ2) is 6.80. The van der Waals surface area contributed by atoms with Crippen molar-refractivity contribution in [3.63, 3.8) is 0 Å². The first kappa shape index (κ1) is 15.0. The van der Waals surface area contributed by atoms with Gasteiger partial charge in [0.1, 0.15) is 10.8 Å². The van der Waals surface area contributed by atoms with Gasteiger partial charge in [-0.25, -0.2) is 4.39 Å². The molecule has 1 rings (SSSR count). The van der Waals surface area contributed by atoms with Crippen molar-refractivity contribution in [2.75, 3.05) is 18.1 Å². The number of rotatable bonds is 6. The molecular weight excluding hydrogens is 271 g/mol. The molecule has 0 spiro atoms. The predicted molar refractivity (Wildman–Crippen MR) is 78.9 cm³/mol. The molecule has 100 valence electrons. The van der Waals surface area contributed by atoms with E-state index >= 15 is 0 Å². The standard InChI is InChI=1S/C12H17FN2OS2/c1-8(18(2)16)5-6-15-9-3-4-10(12(14)17)11(13)7-9/h3-4,7-8,15H,5-6H2,1-2H3,(H2,14,17). The van der Waals surface area contributed by atoms with Gasteiger partial charge >= 0.3 is 0 Å². The van der Waals surface area contributed by atoms with Gasteiger partial charge in [0.25, 0.3) is 0 Å². The normalized spacial score (nSPS) is 13.9. The van der Waals surface area contributed by atoms with E-state index < -0.39 is 16.6 Å². The number of thiocarbonyl (C=S) groups is 1. The van der Waals surface area contributed by atoms with Crippen molar-refractivity contribution in [2.45, 2.75) is 18.6 Å². The van der Waals surface area contributed by atoms with Crippen molar-refractivity contribution in [3.05, 3.63) is 29.6 Å². The fourth-order valence-corrected chi connectivity index (χ4v) is 2.03. The molecule has 0 fully saturated rings. The number of hydrogen-bond donors (Lipinski definition) is 2. The Morgan fingerprint density at radius 1 is 1.61 bits per heavy atom. The van der Waals surface area contributed by atoms with Crippen LogP contribution in [0.4, 0.5) is 10.1 Å². The lowest BCUT2D eigenvalue weighted by molar-refractivity contribution is 0.625. The number of halogens is 1. The summed E-state index contributed by atoms with van der Waals surface area (Å²) in [5.41, 5.74) is 6.29. The summed E-state index contributed by atoms with van der Waals surface area (Å²) in [5, 5.41) is 3.20. The zero-order valence-electron chi connectivity index (χ0n) is 10.4. The van der Waals surface area contributed by atoms with Crippen molar-refractivity contribution >= 4 is 33.7 Å². The molecule has 0 aliphatic carbocycles. The molecule has 0 aliphatic heterocycles. The molecule has 0 aliphatic rings. The molecule has 0 heterocycles. The molecule has 3 N–H and O–H groups in total. The van der Waals surface area contributed by atoms with E-state index in [0.29, 0.717) is 12.2 Å². The van der Waals surface area contributed by atoms with Gasteiger partial charge in [0.2, 0.25) is 0 Å². The van der Waals surface area contributed by atoms with Crippen LogP contribution in [-0.4, -0.2) is 27.2 Å². The maximum Gasteiger partial charge on any atom is 0.135 e. The van der Waals surface area contributed by atoms with Crippen molar-refractivity contribution in [2.24, 2.45) is 5.73 Å². The van der Waals surface area contributed by atoms with E-state index in [4.69, 9.17) is 18.0 Å². The van der Waals surface area contributed by atoms with Crippen LogP contribution >= 0.6 is 12.2 Å². The Kier molecular flexibility index (Phi) is 5.68. The Labute approximate surface area is 114 Å². The third-order valence-corrected chi connectivity index (χ3v) is 4.27. The summed E-state index contributed by atoms with van der Waals surface area (Å²) in [7, 11) is -0.830. The van der Waals surface area contributed by atoms with Crippen LogP contribution in [-0.2, 0) is 10.8 Å². The molecule has 0 aromatic heterocycles. The lowest BCUT2D eigenvalue weighted by atomic mass is 10.2. The fourth-order valence-electron chi connectivity index (χ4n) is 1.41. The molecule has 0 saturated heterocycles. The Bertz CT molecular complexity index is 465. The van der Waals surface area contributed by atoms with Crippen LogP contribution in [0.15, 0.2) is 18.2 Å². The molecule has 0 amide bonds. The van der Waals surface area contributed by atoms with Gasteiger partial charge in [0.05, 0.1) is 0 Å². The molecule has 2 unspecified atom stereocenters. The highest BCUT2D eigenvalue weighted by Gasteiger charge is 2.07. The van der Waals surface area contributed by atoms with Gasteiger partial charge in [-0.15, -0.1) is 0 Å². The zero-order chi connectivity index (χ0) is 13.7. The van der Waals surface area contributed by atoms with E-state index in [1.807, 2.05) is 6.92 Å². The van der Waals surface area contributed by atoms with Crippen LogP contribution < -0.4 is 11.1 Å². The molecule has 1 aromatic carbocycles. The van der Waals surface area contributed by atoms with Gasteiger partial charge in [0, 0.05) is 40.1 Å². The monoisotopic (exact) mass is 288 g/mol. The van der Waals surface area contributed by atoms with E-state index in [9.17, 15) is 8.60 Å². The first-order valence-corrected chi connectivity index (χ1v) is 7.60. The van der Waals surface area contributed by atoms with Crippen LogP contribution in [0.25, 0.3) is 0 Å². The summed E-state index contributed by atoms with van der Waals surface area (Å²) < 4.78 is 24.7. The quantitative estimate of drug-likeness (QED) is 0.787. The van der Waals surface area contributed by atoms with Gasteiger partial charge < -0.3 is 11.1 Å². The SMILES string of the molecule is CC(CCNc1ccc(C(N)=S)c(F)c1)S(C)=O. The van der Waals surface area contributed by atoms with E-state index in [2.05, 4.69) is 5.32 Å². The van der Waals surface area contributed by atoms with Crippen LogP contribution in [0.5, 0.6) is 0 Å². The molecule has 0 saturated carbocycles. The van der Waals surface area contributed by atoms with Crippen molar-refractivity contribution in [1.29, 1.82) is 0 Å². The first-order valence-electron chi connectivity index (χ1n) is 5.57. The number of anilines is 1. The van der Waals surface area contributed by atoms with Gasteiger partial charge in [0.15, 0.2) is 0 Å². The topological polar surface area (TPSA) is 55.1 Å². The minimum absolute atomic E-state index is 0.0500. The van der Waals surface area contributed by atoms with Crippen molar-refractivity contribution < 1.29 is 8.60 Å². The Morgan fingerprint density at radius 3 is 2.78 bits per heavy atom. The second-order valence-corrected chi connectivity index (χ2v) is 6.33. The van der Waals surface area contributed by atoms with Crippen LogP contribution in [0.1, 0.15) is 18.9 Å². The number of benzene rings is 1. The average Bonchev–Trinajstić information content (AvgIpc) is 2.28. The Balaban J connectivity index is 2.56. The highest BCUT2D eigenvalue weighted by atomic mass is 32.2. The Morgan fingerprint density at radius 2 is 2.28 bits per heavy atom. The molecule has 6 heteroatoms. The van der Waals surface area contributed by atoms with Gasteiger partial charge in [-0.3, -0.25) is 4.21 Å². The van der Waals surface area contributed by atoms with Crippen LogP contribution in [0, 0.1) is 5.82 Å². The number of nitrogens with one attached hydrogen (secondary N) is 1. The summed E-state index contributed by atoms with van der Waals surface area (Å²) in [6.45, 7) is 2.57. The summed E-state index contributed by atoms with van der Waals surface area (Å²) in [6.07, 6.45) is 2.45. The largest absolute Gasteiger partial charge is 0.389 e. The molecule has 0 bridgehead atoms. The highest BCUT2D eigenvalue weighted by Crippen LogP contribution is 2.14. The smallest absolute Gasteiger partial charge is 0.135 e. The van der Waals surface area contributed by atoms with Crippen LogP contribution in [0.2, 0.25) is 0 Å². The summed E-state index contributed by atoms with van der Waals surface area (Å²) in [4.78, 5) is 0.0500.